The Bertz CT molecular complexity index is 599. The van der Waals surface area contributed by atoms with Gasteiger partial charge in [-0.05, 0) is 48.9 Å². The highest BCUT2D eigenvalue weighted by atomic mass is 35.5. The molecule has 2 rings (SSSR count). The standard InChI is InChI=1S/C16H16ClNO3/c17-13-3-1-4-14(11-13)18-9-2-10-21-15-7-5-12(6-8-15)16(19)20/h1,3-8,11,18H,2,9-10H2,(H,19,20). The normalized spacial score (nSPS) is 10.1. The van der Waals surface area contributed by atoms with Gasteiger partial charge in [0.25, 0.3) is 0 Å². The Morgan fingerprint density at radius 1 is 1.19 bits per heavy atom. The van der Waals surface area contributed by atoms with Crippen LogP contribution >= 0.6 is 11.6 Å². The summed E-state index contributed by atoms with van der Waals surface area (Å²) in [4.78, 5) is 10.7. The van der Waals surface area contributed by atoms with Gasteiger partial charge in [0, 0.05) is 17.3 Å². The predicted molar refractivity (Wildman–Crippen MR) is 83.5 cm³/mol. The lowest BCUT2D eigenvalue weighted by Gasteiger charge is -2.08. The number of rotatable bonds is 7. The Kier molecular flexibility index (Phi) is 5.46. The average molecular weight is 306 g/mol. The van der Waals surface area contributed by atoms with Crippen molar-refractivity contribution in [1.82, 2.24) is 0 Å². The van der Waals surface area contributed by atoms with Crippen molar-refractivity contribution < 1.29 is 14.6 Å². The van der Waals surface area contributed by atoms with E-state index in [-0.39, 0.29) is 5.56 Å². The van der Waals surface area contributed by atoms with Gasteiger partial charge < -0.3 is 15.2 Å². The van der Waals surface area contributed by atoms with Gasteiger partial charge in [-0.25, -0.2) is 4.79 Å². The summed E-state index contributed by atoms with van der Waals surface area (Å²) in [6.45, 7) is 1.33. The lowest BCUT2D eigenvalue weighted by Crippen LogP contribution is -2.07. The molecule has 0 fully saturated rings. The summed E-state index contributed by atoms with van der Waals surface area (Å²) in [5.74, 6) is -0.268. The van der Waals surface area contributed by atoms with Gasteiger partial charge in [0.1, 0.15) is 5.75 Å². The van der Waals surface area contributed by atoms with Crippen LogP contribution in [0.2, 0.25) is 5.02 Å². The molecule has 0 aliphatic heterocycles. The number of halogens is 1. The third-order valence-corrected chi connectivity index (χ3v) is 3.08. The number of ether oxygens (including phenoxy) is 1. The number of hydrogen-bond donors (Lipinski definition) is 2. The number of benzene rings is 2. The second-order valence-electron chi connectivity index (χ2n) is 4.47. The lowest BCUT2D eigenvalue weighted by molar-refractivity contribution is 0.0697. The summed E-state index contributed by atoms with van der Waals surface area (Å²) in [6, 6.07) is 13.9. The third kappa shape index (κ3) is 5.00. The largest absolute Gasteiger partial charge is 0.494 e. The number of anilines is 1. The first kappa shape index (κ1) is 15.2. The Morgan fingerprint density at radius 2 is 1.95 bits per heavy atom. The summed E-state index contributed by atoms with van der Waals surface area (Å²) < 4.78 is 5.54. The zero-order chi connectivity index (χ0) is 15.1. The van der Waals surface area contributed by atoms with Gasteiger partial charge in [-0.2, -0.15) is 0 Å². The minimum absolute atomic E-state index is 0.255. The van der Waals surface area contributed by atoms with E-state index >= 15 is 0 Å². The van der Waals surface area contributed by atoms with Crippen LogP contribution in [-0.4, -0.2) is 24.2 Å². The van der Waals surface area contributed by atoms with E-state index < -0.39 is 5.97 Å². The molecule has 0 atom stereocenters. The van der Waals surface area contributed by atoms with Crippen LogP contribution in [0.1, 0.15) is 16.8 Å². The molecule has 2 aromatic rings. The maximum Gasteiger partial charge on any atom is 0.335 e. The summed E-state index contributed by atoms with van der Waals surface area (Å²) >= 11 is 5.89. The maximum absolute atomic E-state index is 10.7. The Balaban J connectivity index is 1.69. The highest BCUT2D eigenvalue weighted by molar-refractivity contribution is 6.30. The van der Waals surface area contributed by atoms with Crippen LogP contribution in [0.5, 0.6) is 5.75 Å². The molecular formula is C16H16ClNO3. The number of carboxylic acid groups (broad SMARTS) is 1. The SMILES string of the molecule is O=C(O)c1ccc(OCCCNc2cccc(Cl)c2)cc1. The fourth-order valence-electron chi connectivity index (χ4n) is 1.79. The van der Waals surface area contributed by atoms with Crippen LogP contribution in [0.3, 0.4) is 0 Å². The summed E-state index contributed by atoms with van der Waals surface area (Å²) in [5, 5.41) is 12.7. The second kappa shape index (κ2) is 7.55. The zero-order valence-electron chi connectivity index (χ0n) is 11.4. The van der Waals surface area contributed by atoms with Crippen molar-refractivity contribution in [2.75, 3.05) is 18.5 Å². The number of carboxylic acids is 1. The van der Waals surface area contributed by atoms with E-state index in [2.05, 4.69) is 5.32 Å². The van der Waals surface area contributed by atoms with Crippen molar-refractivity contribution in [3.05, 3.63) is 59.1 Å². The first-order valence-electron chi connectivity index (χ1n) is 6.61. The van der Waals surface area contributed by atoms with Crippen LogP contribution in [-0.2, 0) is 0 Å². The van der Waals surface area contributed by atoms with Crippen molar-refractivity contribution in [2.45, 2.75) is 6.42 Å². The van der Waals surface area contributed by atoms with Crippen molar-refractivity contribution in [3.63, 3.8) is 0 Å². The molecule has 2 N–H and O–H groups in total. The Hall–Kier alpha value is -2.20. The topological polar surface area (TPSA) is 58.6 Å². The van der Waals surface area contributed by atoms with Crippen LogP contribution in [0.25, 0.3) is 0 Å². The molecule has 21 heavy (non-hydrogen) atoms. The van der Waals surface area contributed by atoms with E-state index in [1.807, 2.05) is 24.3 Å². The number of carbonyl (C=O) groups is 1. The Morgan fingerprint density at radius 3 is 2.62 bits per heavy atom. The van der Waals surface area contributed by atoms with Gasteiger partial charge in [-0.3, -0.25) is 0 Å². The van der Waals surface area contributed by atoms with Crippen molar-refractivity contribution in [2.24, 2.45) is 0 Å². The van der Waals surface area contributed by atoms with Crippen molar-refractivity contribution in [1.29, 1.82) is 0 Å². The zero-order valence-corrected chi connectivity index (χ0v) is 12.1. The van der Waals surface area contributed by atoms with Gasteiger partial charge >= 0.3 is 5.97 Å². The molecule has 0 saturated heterocycles. The molecule has 0 amide bonds. The van der Waals surface area contributed by atoms with Gasteiger partial charge in [-0.1, -0.05) is 17.7 Å². The molecule has 0 saturated carbocycles. The molecule has 0 spiro atoms. The molecule has 0 radical (unpaired) electrons. The average Bonchev–Trinajstić information content (AvgIpc) is 2.47. The van der Waals surface area contributed by atoms with E-state index in [1.54, 1.807) is 12.1 Å². The third-order valence-electron chi connectivity index (χ3n) is 2.84. The van der Waals surface area contributed by atoms with Crippen molar-refractivity contribution in [3.8, 4) is 5.75 Å². The van der Waals surface area contributed by atoms with Crippen LogP contribution in [0.15, 0.2) is 48.5 Å². The van der Waals surface area contributed by atoms with Gasteiger partial charge in [0.15, 0.2) is 0 Å². The lowest BCUT2D eigenvalue weighted by atomic mass is 10.2. The summed E-state index contributed by atoms with van der Waals surface area (Å²) in [7, 11) is 0. The molecular weight excluding hydrogens is 290 g/mol. The summed E-state index contributed by atoms with van der Waals surface area (Å²) in [5.41, 5.74) is 1.23. The van der Waals surface area contributed by atoms with Gasteiger partial charge in [-0.15, -0.1) is 0 Å². The number of hydrogen-bond acceptors (Lipinski definition) is 3. The minimum Gasteiger partial charge on any atom is -0.494 e. The molecule has 0 bridgehead atoms. The van der Waals surface area contributed by atoms with Gasteiger partial charge in [0.2, 0.25) is 0 Å². The fourth-order valence-corrected chi connectivity index (χ4v) is 1.98. The van der Waals surface area contributed by atoms with Crippen molar-refractivity contribution >= 4 is 23.3 Å². The molecule has 0 aliphatic carbocycles. The molecule has 5 heteroatoms. The molecule has 110 valence electrons. The highest BCUT2D eigenvalue weighted by Gasteiger charge is 2.01. The van der Waals surface area contributed by atoms with Crippen LogP contribution in [0, 0.1) is 0 Å². The first-order valence-corrected chi connectivity index (χ1v) is 6.98. The minimum atomic E-state index is -0.938. The molecule has 0 aromatic heterocycles. The fraction of sp³-hybridized carbons (Fsp3) is 0.188. The first-order chi connectivity index (χ1) is 10.1. The highest BCUT2D eigenvalue weighted by Crippen LogP contribution is 2.15. The van der Waals surface area contributed by atoms with E-state index in [4.69, 9.17) is 21.4 Å². The maximum atomic E-state index is 10.7. The molecule has 0 aliphatic rings. The smallest absolute Gasteiger partial charge is 0.335 e. The van der Waals surface area contributed by atoms with E-state index in [0.29, 0.717) is 17.4 Å². The van der Waals surface area contributed by atoms with E-state index in [1.165, 1.54) is 12.1 Å². The second-order valence-corrected chi connectivity index (χ2v) is 4.91. The molecule has 0 unspecified atom stereocenters. The van der Waals surface area contributed by atoms with Crippen LogP contribution in [0.4, 0.5) is 5.69 Å². The molecule has 4 nitrogen and oxygen atoms in total. The van der Waals surface area contributed by atoms with E-state index in [0.717, 1.165) is 18.7 Å². The Labute approximate surface area is 128 Å². The number of nitrogens with one attached hydrogen (secondary N) is 1. The monoisotopic (exact) mass is 305 g/mol. The van der Waals surface area contributed by atoms with E-state index in [9.17, 15) is 4.79 Å². The molecule has 0 heterocycles. The molecule has 2 aromatic carbocycles. The predicted octanol–water partition coefficient (Wildman–Crippen LogP) is 3.92. The van der Waals surface area contributed by atoms with Gasteiger partial charge in [0.05, 0.1) is 12.2 Å². The van der Waals surface area contributed by atoms with Crippen LogP contribution < -0.4 is 10.1 Å². The number of aromatic carboxylic acids is 1. The quantitative estimate of drug-likeness (QED) is 0.761. The summed E-state index contributed by atoms with van der Waals surface area (Å²) in [6.07, 6.45) is 0.827.